The summed E-state index contributed by atoms with van der Waals surface area (Å²) in [4.78, 5) is 13.7. The van der Waals surface area contributed by atoms with Crippen molar-refractivity contribution in [2.45, 2.75) is 76.7 Å². The second-order valence-electron chi connectivity index (χ2n) is 7.80. The third-order valence-corrected chi connectivity index (χ3v) is 6.89. The van der Waals surface area contributed by atoms with Crippen molar-refractivity contribution in [3.8, 4) is 5.88 Å². The summed E-state index contributed by atoms with van der Waals surface area (Å²) in [6.07, 6.45) is 10.0. The Morgan fingerprint density at radius 3 is 2.77 bits per heavy atom. The Morgan fingerprint density at radius 1 is 1.23 bits per heavy atom. The molecule has 2 aliphatic rings. The van der Waals surface area contributed by atoms with Crippen molar-refractivity contribution < 1.29 is 9.47 Å². The van der Waals surface area contributed by atoms with E-state index >= 15 is 0 Å². The Hall–Kier alpha value is -1.24. The Morgan fingerprint density at radius 2 is 2.04 bits per heavy atom. The molecule has 0 amide bonds. The second kappa shape index (κ2) is 7.79. The van der Waals surface area contributed by atoms with Gasteiger partial charge in [-0.25, -0.2) is 9.97 Å². The van der Waals surface area contributed by atoms with Crippen LogP contribution in [0.15, 0.2) is 6.33 Å². The quantitative estimate of drug-likeness (QED) is 0.784. The van der Waals surface area contributed by atoms with Crippen molar-refractivity contribution in [2.24, 2.45) is 0 Å². The molecular weight excluding hydrogens is 346 g/mol. The third-order valence-electron chi connectivity index (χ3n) is 5.78. The monoisotopic (exact) mass is 375 g/mol. The second-order valence-corrected chi connectivity index (χ2v) is 8.88. The molecule has 0 saturated heterocycles. The van der Waals surface area contributed by atoms with Gasteiger partial charge >= 0.3 is 0 Å². The summed E-state index contributed by atoms with van der Waals surface area (Å²) in [6.45, 7) is 2.92. The highest BCUT2D eigenvalue weighted by Crippen LogP contribution is 2.40. The number of hydrogen-bond acceptors (Lipinski definition) is 6. The maximum absolute atomic E-state index is 6.41. The van der Waals surface area contributed by atoms with E-state index in [-0.39, 0.29) is 6.10 Å². The highest BCUT2D eigenvalue weighted by atomic mass is 32.1. The van der Waals surface area contributed by atoms with Crippen LogP contribution in [0.5, 0.6) is 5.88 Å². The summed E-state index contributed by atoms with van der Waals surface area (Å²) in [5, 5.41) is 1.15. The van der Waals surface area contributed by atoms with E-state index in [0.29, 0.717) is 18.8 Å². The Bertz CT molecular complexity index is 753. The standard InChI is InChI=1S/C20H29N3O2S/c1-4-5-15-10-16-17(11-24-15)26-20-18(16)19(21-12-22-20)25-14-8-6-13(7-9-14)23(2)3/h12-15H,4-11H2,1-3H3/t13-,14-,15?. The summed E-state index contributed by atoms with van der Waals surface area (Å²) >= 11 is 1.74. The molecule has 0 N–H and O–H groups in total. The van der Waals surface area contributed by atoms with Crippen LogP contribution in [0.2, 0.25) is 0 Å². The Labute approximate surface area is 159 Å². The lowest BCUT2D eigenvalue weighted by Gasteiger charge is -2.32. The maximum Gasteiger partial charge on any atom is 0.225 e. The van der Waals surface area contributed by atoms with Crippen molar-refractivity contribution in [3.63, 3.8) is 0 Å². The fraction of sp³-hybridized carbons (Fsp3) is 0.700. The fourth-order valence-electron chi connectivity index (χ4n) is 4.25. The smallest absolute Gasteiger partial charge is 0.225 e. The van der Waals surface area contributed by atoms with Gasteiger partial charge in [-0.1, -0.05) is 13.3 Å². The molecule has 1 fully saturated rings. The summed E-state index contributed by atoms with van der Waals surface area (Å²) < 4.78 is 12.4. The molecule has 2 aromatic heterocycles. The minimum atomic E-state index is 0.270. The molecule has 0 radical (unpaired) electrons. The molecule has 26 heavy (non-hydrogen) atoms. The van der Waals surface area contributed by atoms with Crippen LogP contribution >= 0.6 is 11.3 Å². The number of nitrogens with zero attached hydrogens (tertiary/aromatic N) is 3. The van der Waals surface area contributed by atoms with E-state index in [1.165, 1.54) is 23.3 Å². The van der Waals surface area contributed by atoms with Crippen LogP contribution in [-0.2, 0) is 17.8 Å². The van der Waals surface area contributed by atoms with Crippen LogP contribution in [0.25, 0.3) is 10.2 Å². The van der Waals surface area contributed by atoms with E-state index in [1.807, 2.05) is 0 Å². The van der Waals surface area contributed by atoms with Crippen molar-refractivity contribution >= 4 is 21.6 Å². The van der Waals surface area contributed by atoms with Crippen LogP contribution in [0.3, 0.4) is 0 Å². The highest BCUT2D eigenvalue weighted by Gasteiger charge is 2.28. The van der Waals surface area contributed by atoms with Crippen molar-refractivity contribution in [2.75, 3.05) is 14.1 Å². The molecule has 6 heteroatoms. The number of thiophene rings is 1. The first kappa shape index (κ1) is 18.1. The van der Waals surface area contributed by atoms with Gasteiger partial charge in [-0.2, -0.15) is 0 Å². The van der Waals surface area contributed by atoms with Crippen LogP contribution in [0.1, 0.15) is 55.9 Å². The number of hydrogen-bond donors (Lipinski definition) is 0. The Balaban J connectivity index is 1.56. The first-order chi connectivity index (χ1) is 12.7. The van der Waals surface area contributed by atoms with Crippen LogP contribution < -0.4 is 4.74 Å². The zero-order valence-electron chi connectivity index (χ0n) is 16.0. The van der Waals surface area contributed by atoms with Gasteiger partial charge < -0.3 is 14.4 Å². The molecule has 2 aromatic rings. The fourth-order valence-corrected chi connectivity index (χ4v) is 5.34. The van der Waals surface area contributed by atoms with Gasteiger partial charge in [0, 0.05) is 17.3 Å². The maximum atomic E-state index is 6.41. The molecule has 3 heterocycles. The molecule has 1 aliphatic heterocycles. The average Bonchev–Trinajstić information content (AvgIpc) is 3.01. The Kier molecular flexibility index (Phi) is 5.43. The van der Waals surface area contributed by atoms with Gasteiger partial charge in [-0.15, -0.1) is 11.3 Å². The lowest BCUT2D eigenvalue weighted by atomic mass is 9.92. The molecule has 1 atom stereocenters. The molecule has 4 rings (SSSR count). The molecule has 0 bridgehead atoms. The summed E-state index contributed by atoms with van der Waals surface area (Å²) in [5.74, 6) is 0.790. The van der Waals surface area contributed by atoms with Crippen molar-refractivity contribution in [3.05, 3.63) is 16.8 Å². The van der Waals surface area contributed by atoms with Crippen molar-refractivity contribution in [1.82, 2.24) is 14.9 Å². The SMILES string of the molecule is CCCC1Cc2c(sc3ncnc(O[C@H]4CC[C@H](N(C)C)CC4)c23)CO1. The van der Waals surface area contributed by atoms with Crippen LogP contribution in [0, 0.1) is 0 Å². The van der Waals surface area contributed by atoms with E-state index in [1.54, 1.807) is 17.7 Å². The number of rotatable bonds is 5. The van der Waals surface area contributed by atoms with E-state index in [0.717, 1.165) is 48.2 Å². The van der Waals surface area contributed by atoms with Crippen molar-refractivity contribution in [1.29, 1.82) is 0 Å². The first-order valence-corrected chi connectivity index (χ1v) is 10.7. The minimum absolute atomic E-state index is 0.270. The largest absolute Gasteiger partial charge is 0.474 e. The molecule has 1 unspecified atom stereocenters. The first-order valence-electron chi connectivity index (χ1n) is 9.85. The van der Waals surface area contributed by atoms with E-state index in [4.69, 9.17) is 9.47 Å². The highest BCUT2D eigenvalue weighted by molar-refractivity contribution is 7.18. The number of aromatic nitrogens is 2. The van der Waals surface area contributed by atoms with Gasteiger partial charge in [0.25, 0.3) is 0 Å². The van der Waals surface area contributed by atoms with Crippen LogP contribution in [-0.4, -0.2) is 47.2 Å². The predicted molar refractivity (Wildman–Crippen MR) is 105 cm³/mol. The number of fused-ring (bicyclic) bond motifs is 3. The molecule has 1 aliphatic carbocycles. The third kappa shape index (κ3) is 3.59. The molecule has 5 nitrogen and oxygen atoms in total. The van der Waals surface area contributed by atoms with Gasteiger partial charge in [-0.05, 0) is 51.8 Å². The minimum Gasteiger partial charge on any atom is -0.474 e. The zero-order valence-corrected chi connectivity index (χ0v) is 16.8. The van der Waals surface area contributed by atoms with Crippen LogP contribution in [0.4, 0.5) is 0 Å². The summed E-state index contributed by atoms with van der Waals surface area (Å²) in [6, 6.07) is 0.682. The van der Waals surface area contributed by atoms with Gasteiger partial charge in [0.2, 0.25) is 5.88 Å². The summed E-state index contributed by atoms with van der Waals surface area (Å²) in [7, 11) is 4.35. The molecular formula is C20H29N3O2S. The van der Waals surface area contributed by atoms with Gasteiger partial charge in [0.05, 0.1) is 18.1 Å². The zero-order chi connectivity index (χ0) is 18.1. The molecule has 0 spiro atoms. The molecule has 0 aromatic carbocycles. The lowest BCUT2D eigenvalue weighted by molar-refractivity contribution is 0.0253. The van der Waals surface area contributed by atoms with E-state index < -0.39 is 0 Å². The van der Waals surface area contributed by atoms with E-state index in [9.17, 15) is 0 Å². The van der Waals surface area contributed by atoms with E-state index in [2.05, 4.69) is 35.9 Å². The predicted octanol–water partition coefficient (Wildman–Crippen LogP) is 4.18. The van der Waals surface area contributed by atoms with Gasteiger partial charge in [-0.3, -0.25) is 0 Å². The average molecular weight is 376 g/mol. The van der Waals surface area contributed by atoms with Gasteiger partial charge in [0.15, 0.2) is 0 Å². The summed E-state index contributed by atoms with van der Waals surface area (Å²) in [5.41, 5.74) is 1.37. The lowest BCUT2D eigenvalue weighted by Crippen LogP contribution is -2.35. The number of ether oxygens (including phenoxy) is 2. The normalized spacial score (nSPS) is 26.2. The van der Waals surface area contributed by atoms with Gasteiger partial charge in [0.1, 0.15) is 17.3 Å². The molecule has 142 valence electrons. The molecule has 1 saturated carbocycles. The topological polar surface area (TPSA) is 47.5 Å².